The van der Waals surface area contributed by atoms with Crippen molar-refractivity contribution in [2.24, 2.45) is 0 Å². The fraction of sp³-hybridized carbons (Fsp3) is 0.467. The van der Waals surface area contributed by atoms with Gasteiger partial charge in [-0.1, -0.05) is 6.07 Å². The van der Waals surface area contributed by atoms with Gasteiger partial charge in [-0.05, 0) is 38.0 Å². The number of esters is 1. The average molecular weight is 293 g/mol. The lowest BCUT2D eigenvalue weighted by atomic mass is 10.0. The largest absolute Gasteiger partial charge is 0.467 e. The van der Waals surface area contributed by atoms with Crippen LogP contribution in [0.15, 0.2) is 18.2 Å². The van der Waals surface area contributed by atoms with Gasteiger partial charge in [-0.25, -0.2) is 4.79 Å². The molecule has 1 N–H and O–H groups in total. The van der Waals surface area contributed by atoms with Crippen LogP contribution in [0.2, 0.25) is 0 Å². The van der Waals surface area contributed by atoms with Gasteiger partial charge in [0.05, 0.1) is 7.11 Å². The molecule has 0 aromatic heterocycles. The van der Waals surface area contributed by atoms with Crippen LogP contribution >= 0.6 is 0 Å². The van der Waals surface area contributed by atoms with Gasteiger partial charge in [0.15, 0.2) is 11.5 Å². The summed E-state index contributed by atoms with van der Waals surface area (Å²) in [5.74, 6) is 0.736. The van der Waals surface area contributed by atoms with Crippen LogP contribution in [0.5, 0.6) is 11.5 Å². The first-order chi connectivity index (χ1) is 9.92. The summed E-state index contributed by atoms with van der Waals surface area (Å²) in [5, 5.41) is 2.66. The number of carbonyl (C=O) groups is 2. The van der Waals surface area contributed by atoms with Crippen LogP contribution in [0.25, 0.3) is 0 Å². The van der Waals surface area contributed by atoms with E-state index in [1.54, 1.807) is 13.8 Å². The molecule has 1 aliphatic rings. The average Bonchev–Trinajstić information content (AvgIpc) is 2.91. The Kier molecular flexibility index (Phi) is 4.35. The Hall–Kier alpha value is -2.24. The SMILES string of the molecule is COC(=O)C(C)(C)NC(=O)CCc1ccc2c(c1)OCO2. The maximum Gasteiger partial charge on any atom is 0.330 e. The molecular formula is C15H19NO5. The lowest BCUT2D eigenvalue weighted by molar-refractivity contribution is -0.149. The molecule has 2 rings (SSSR count). The van der Waals surface area contributed by atoms with Gasteiger partial charge in [-0.15, -0.1) is 0 Å². The smallest absolute Gasteiger partial charge is 0.330 e. The molecular weight excluding hydrogens is 274 g/mol. The third kappa shape index (κ3) is 3.65. The van der Waals surface area contributed by atoms with Gasteiger partial charge in [0, 0.05) is 6.42 Å². The second-order valence-electron chi connectivity index (χ2n) is 5.35. The van der Waals surface area contributed by atoms with E-state index < -0.39 is 11.5 Å². The summed E-state index contributed by atoms with van der Waals surface area (Å²) in [6, 6.07) is 5.58. The van der Waals surface area contributed by atoms with Crippen molar-refractivity contribution in [1.82, 2.24) is 5.32 Å². The molecule has 114 valence electrons. The lowest BCUT2D eigenvalue weighted by Gasteiger charge is -2.23. The molecule has 0 radical (unpaired) electrons. The number of benzene rings is 1. The van der Waals surface area contributed by atoms with Gasteiger partial charge >= 0.3 is 5.97 Å². The molecule has 1 aliphatic heterocycles. The van der Waals surface area contributed by atoms with Crippen LogP contribution in [0.1, 0.15) is 25.8 Å². The van der Waals surface area contributed by atoms with Gasteiger partial charge < -0.3 is 19.5 Å². The fourth-order valence-corrected chi connectivity index (χ4v) is 2.07. The number of amides is 1. The highest BCUT2D eigenvalue weighted by Crippen LogP contribution is 2.32. The molecule has 1 heterocycles. The van der Waals surface area contributed by atoms with Crippen molar-refractivity contribution in [1.29, 1.82) is 0 Å². The number of fused-ring (bicyclic) bond motifs is 1. The first-order valence-corrected chi connectivity index (χ1v) is 6.70. The van der Waals surface area contributed by atoms with Gasteiger partial charge in [0.2, 0.25) is 12.7 Å². The first kappa shape index (κ1) is 15.2. The Labute approximate surface area is 123 Å². The zero-order chi connectivity index (χ0) is 15.5. The molecule has 6 nitrogen and oxygen atoms in total. The van der Waals surface area contributed by atoms with E-state index in [4.69, 9.17) is 9.47 Å². The molecule has 0 fully saturated rings. The normalized spacial score (nSPS) is 12.9. The predicted octanol–water partition coefficient (Wildman–Crippen LogP) is 1.42. The summed E-state index contributed by atoms with van der Waals surface area (Å²) in [4.78, 5) is 23.4. The number of hydrogen-bond donors (Lipinski definition) is 1. The Balaban J connectivity index is 1.88. The van der Waals surface area contributed by atoms with E-state index in [0.717, 1.165) is 11.3 Å². The van der Waals surface area contributed by atoms with E-state index >= 15 is 0 Å². The minimum Gasteiger partial charge on any atom is -0.467 e. The lowest BCUT2D eigenvalue weighted by Crippen LogP contribution is -2.50. The second-order valence-corrected chi connectivity index (χ2v) is 5.35. The van der Waals surface area contributed by atoms with Gasteiger partial charge in [-0.3, -0.25) is 4.79 Å². The summed E-state index contributed by atoms with van der Waals surface area (Å²) in [6.07, 6.45) is 0.833. The molecule has 0 spiro atoms. The van der Waals surface area contributed by atoms with Crippen molar-refractivity contribution in [2.75, 3.05) is 13.9 Å². The minimum absolute atomic E-state index is 0.205. The molecule has 1 amide bonds. The van der Waals surface area contributed by atoms with Crippen LogP contribution in [0, 0.1) is 0 Å². The third-order valence-electron chi connectivity index (χ3n) is 3.23. The van der Waals surface area contributed by atoms with Crippen molar-refractivity contribution in [3.8, 4) is 11.5 Å². The summed E-state index contributed by atoms with van der Waals surface area (Å²) in [5.41, 5.74) is -0.0500. The van der Waals surface area contributed by atoms with Crippen molar-refractivity contribution < 1.29 is 23.8 Å². The van der Waals surface area contributed by atoms with Crippen molar-refractivity contribution in [3.05, 3.63) is 23.8 Å². The Bertz CT molecular complexity index is 553. The van der Waals surface area contributed by atoms with Crippen molar-refractivity contribution in [3.63, 3.8) is 0 Å². The highest BCUT2D eigenvalue weighted by atomic mass is 16.7. The Morgan fingerprint density at radius 3 is 2.71 bits per heavy atom. The Morgan fingerprint density at radius 2 is 2.00 bits per heavy atom. The molecule has 0 unspecified atom stereocenters. The monoisotopic (exact) mass is 293 g/mol. The maximum absolute atomic E-state index is 11.9. The maximum atomic E-state index is 11.9. The zero-order valence-electron chi connectivity index (χ0n) is 12.4. The highest BCUT2D eigenvalue weighted by molar-refractivity contribution is 5.87. The van der Waals surface area contributed by atoms with Crippen LogP contribution in [-0.2, 0) is 20.7 Å². The number of hydrogen-bond acceptors (Lipinski definition) is 5. The molecule has 0 saturated carbocycles. The number of ether oxygens (including phenoxy) is 3. The molecule has 6 heteroatoms. The van der Waals surface area contributed by atoms with E-state index in [0.29, 0.717) is 12.2 Å². The summed E-state index contributed by atoms with van der Waals surface area (Å²) in [6.45, 7) is 3.45. The van der Waals surface area contributed by atoms with Crippen LogP contribution in [0.4, 0.5) is 0 Å². The van der Waals surface area contributed by atoms with Gasteiger partial charge in [-0.2, -0.15) is 0 Å². The highest BCUT2D eigenvalue weighted by Gasteiger charge is 2.30. The standard InChI is InChI=1S/C15H19NO5/c1-15(2,14(18)19-3)16-13(17)7-5-10-4-6-11-12(8-10)21-9-20-11/h4,6,8H,5,7,9H2,1-3H3,(H,16,17). The summed E-state index contributed by atoms with van der Waals surface area (Å²) < 4.78 is 15.2. The van der Waals surface area contributed by atoms with Gasteiger partial charge in [0.1, 0.15) is 5.54 Å². The predicted molar refractivity (Wildman–Crippen MR) is 75.1 cm³/mol. The van der Waals surface area contributed by atoms with Crippen molar-refractivity contribution in [2.45, 2.75) is 32.2 Å². The molecule has 0 bridgehead atoms. The fourth-order valence-electron chi connectivity index (χ4n) is 2.07. The summed E-state index contributed by atoms with van der Waals surface area (Å²) >= 11 is 0. The second kappa shape index (κ2) is 6.03. The molecule has 21 heavy (non-hydrogen) atoms. The topological polar surface area (TPSA) is 73.9 Å². The number of carbonyl (C=O) groups excluding carboxylic acids is 2. The quantitative estimate of drug-likeness (QED) is 0.831. The first-order valence-electron chi connectivity index (χ1n) is 6.70. The van der Waals surface area contributed by atoms with E-state index in [1.165, 1.54) is 7.11 Å². The van der Waals surface area contributed by atoms with Crippen LogP contribution in [0.3, 0.4) is 0 Å². The van der Waals surface area contributed by atoms with E-state index in [1.807, 2.05) is 18.2 Å². The zero-order valence-corrected chi connectivity index (χ0v) is 12.4. The molecule has 0 atom stereocenters. The number of nitrogens with one attached hydrogen (secondary N) is 1. The van der Waals surface area contributed by atoms with Crippen LogP contribution in [-0.4, -0.2) is 31.3 Å². The molecule has 1 aromatic carbocycles. The molecule has 0 aliphatic carbocycles. The number of aryl methyl sites for hydroxylation is 1. The molecule has 1 aromatic rings. The number of rotatable bonds is 5. The molecule has 0 saturated heterocycles. The Morgan fingerprint density at radius 1 is 1.29 bits per heavy atom. The summed E-state index contributed by atoms with van der Waals surface area (Å²) in [7, 11) is 1.29. The third-order valence-corrected chi connectivity index (χ3v) is 3.23. The van der Waals surface area contributed by atoms with Crippen molar-refractivity contribution >= 4 is 11.9 Å². The van der Waals surface area contributed by atoms with E-state index in [2.05, 4.69) is 10.1 Å². The van der Waals surface area contributed by atoms with Crippen LogP contribution < -0.4 is 14.8 Å². The van der Waals surface area contributed by atoms with E-state index in [9.17, 15) is 9.59 Å². The van der Waals surface area contributed by atoms with Gasteiger partial charge in [0.25, 0.3) is 0 Å². The minimum atomic E-state index is -1.03. The number of methoxy groups -OCH3 is 1. The van der Waals surface area contributed by atoms with E-state index in [-0.39, 0.29) is 19.1 Å².